The number of sulfonamides is 1. The number of aromatic nitrogens is 5. The number of rotatable bonds is 6. The number of amides is 1. The summed E-state index contributed by atoms with van der Waals surface area (Å²) in [6.07, 6.45) is 6.06. The highest BCUT2D eigenvalue weighted by Crippen LogP contribution is 2.65. The van der Waals surface area contributed by atoms with E-state index < -0.39 is 15.9 Å². The molecule has 5 aromatic rings. The molecule has 0 spiro atoms. The number of halogens is 1. The first-order chi connectivity index (χ1) is 20.2. The Morgan fingerprint density at radius 2 is 1.95 bits per heavy atom. The summed E-state index contributed by atoms with van der Waals surface area (Å²) >= 11 is 0. The van der Waals surface area contributed by atoms with Gasteiger partial charge >= 0.3 is 0 Å². The minimum Gasteiger partial charge on any atom is -0.355 e. The molecule has 2 fully saturated rings. The molecular weight excluding hydrogens is 557 g/mol. The highest BCUT2D eigenvalue weighted by atomic mass is 32.2. The Morgan fingerprint density at radius 1 is 1.12 bits per heavy atom. The first-order valence-electron chi connectivity index (χ1n) is 13.8. The summed E-state index contributed by atoms with van der Waals surface area (Å²) < 4.78 is 40.1. The number of hydrogen-bond acceptors (Lipinski definition) is 8. The third kappa shape index (κ3) is 4.12. The van der Waals surface area contributed by atoms with Crippen molar-refractivity contribution in [1.29, 1.82) is 0 Å². The molecule has 1 amide bonds. The zero-order chi connectivity index (χ0) is 29.2. The molecule has 214 valence electrons. The van der Waals surface area contributed by atoms with Crippen molar-refractivity contribution in [3.8, 4) is 11.3 Å². The van der Waals surface area contributed by atoms with Gasteiger partial charge in [0.2, 0.25) is 15.7 Å². The van der Waals surface area contributed by atoms with Gasteiger partial charge in [-0.25, -0.2) is 27.5 Å². The van der Waals surface area contributed by atoms with E-state index >= 15 is 0 Å². The smallest absolute Gasteiger partial charge is 0.266 e. The normalized spacial score (nSPS) is 21.8. The summed E-state index contributed by atoms with van der Waals surface area (Å²) in [7, 11) is -3.74. The van der Waals surface area contributed by atoms with E-state index in [2.05, 4.69) is 27.0 Å². The second-order valence-electron chi connectivity index (χ2n) is 11.1. The SMILES string of the molecule is CC[C@]1(c2ccccc2F)[C@@H]2CCN(c3cnc4c(-c5ccc(C(=O)NS(C)(=O)=O)c6ncccc56)[nH]nc4n3)C[C@@H]21. The van der Waals surface area contributed by atoms with E-state index in [1.165, 1.54) is 6.07 Å². The first-order valence-corrected chi connectivity index (χ1v) is 15.7. The highest BCUT2D eigenvalue weighted by Gasteiger charge is 2.65. The fourth-order valence-electron chi connectivity index (χ4n) is 7.06. The number of carbonyl (C=O) groups excluding carboxylic acids is 1. The van der Waals surface area contributed by atoms with E-state index in [0.717, 1.165) is 43.6 Å². The molecule has 4 heterocycles. The number of pyridine rings is 1. The van der Waals surface area contributed by atoms with Crippen molar-refractivity contribution >= 4 is 43.8 Å². The second-order valence-corrected chi connectivity index (χ2v) is 12.8. The van der Waals surface area contributed by atoms with Gasteiger partial charge < -0.3 is 4.90 Å². The zero-order valence-electron chi connectivity index (χ0n) is 23.0. The maximum absolute atomic E-state index is 14.8. The number of nitrogens with zero attached hydrogens (tertiary/aromatic N) is 5. The van der Waals surface area contributed by atoms with Crippen molar-refractivity contribution in [2.45, 2.75) is 25.2 Å². The molecule has 42 heavy (non-hydrogen) atoms. The summed E-state index contributed by atoms with van der Waals surface area (Å²) in [5.41, 5.74) is 3.50. The molecule has 0 unspecified atom stereocenters. The third-order valence-electron chi connectivity index (χ3n) is 8.92. The maximum Gasteiger partial charge on any atom is 0.266 e. The van der Waals surface area contributed by atoms with Gasteiger partial charge in [0.25, 0.3) is 5.91 Å². The van der Waals surface area contributed by atoms with E-state index in [9.17, 15) is 17.6 Å². The first kappa shape index (κ1) is 26.4. The summed E-state index contributed by atoms with van der Waals surface area (Å²) in [6, 6.07) is 14.0. The van der Waals surface area contributed by atoms with Crippen LogP contribution in [0.5, 0.6) is 0 Å². The number of anilines is 1. The lowest BCUT2D eigenvalue weighted by Crippen LogP contribution is -2.32. The molecule has 0 radical (unpaired) electrons. The van der Waals surface area contributed by atoms with Crippen LogP contribution < -0.4 is 9.62 Å². The Bertz CT molecular complexity index is 2000. The lowest BCUT2D eigenvalue weighted by molar-refractivity contribution is 0.0983. The molecule has 2 N–H and O–H groups in total. The second kappa shape index (κ2) is 9.55. The monoisotopic (exact) mass is 585 g/mol. The van der Waals surface area contributed by atoms with Crippen LogP contribution in [0.1, 0.15) is 35.7 Å². The van der Waals surface area contributed by atoms with Crippen LogP contribution in [-0.2, 0) is 15.4 Å². The average Bonchev–Trinajstić information content (AvgIpc) is 3.44. The predicted molar refractivity (Wildman–Crippen MR) is 157 cm³/mol. The van der Waals surface area contributed by atoms with Crippen LogP contribution in [0.2, 0.25) is 0 Å². The Kier molecular flexibility index (Phi) is 6.01. The Morgan fingerprint density at radius 3 is 2.74 bits per heavy atom. The van der Waals surface area contributed by atoms with Gasteiger partial charge in [0.05, 0.1) is 29.2 Å². The van der Waals surface area contributed by atoms with Crippen molar-refractivity contribution in [1.82, 2.24) is 29.9 Å². The van der Waals surface area contributed by atoms with Crippen LogP contribution in [0.3, 0.4) is 0 Å². The van der Waals surface area contributed by atoms with Crippen molar-refractivity contribution in [3.05, 3.63) is 77.9 Å². The minimum absolute atomic E-state index is 0.127. The molecule has 10 nitrogen and oxygen atoms in total. The third-order valence-corrected chi connectivity index (χ3v) is 9.48. The lowest BCUT2D eigenvalue weighted by atomic mass is 9.88. The summed E-state index contributed by atoms with van der Waals surface area (Å²) in [4.78, 5) is 28.8. The molecule has 2 aliphatic rings. The number of H-pyrrole nitrogens is 1. The average molecular weight is 586 g/mol. The van der Waals surface area contributed by atoms with Crippen LogP contribution in [0.4, 0.5) is 10.2 Å². The van der Waals surface area contributed by atoms with E-state index in [1.807, 2.05) is 16.9 Å². The van der Waals surface area contributed by atoms with Gasteiger partial charge in [-0.1, -0.05) is 37.3 Å². The number of carbonyl (C=O) groups is 1. The van der Waals surface area contributed by atoms with E-state index in [1.54, 1.807) is 42.7 Å². The van der Waals surface area contributed by atoms with E-state index in [0.29, 0.717) is 45.2 Å². The maximum atomic E-state index is 14.8. The van der Waals surface area contributed by atoms with Gasteiger partial charge in [0.15, 0.2) is 0 Å². The topological polar surface area (TPSA) is 134 Å². The van der Waals surface area contributed by atoms with Gasteiger partial charge in [-0.05, 0) is 48.4 Å². The summed E-state index contributed by atoms with van der Waals surface area (Å²) in [5.74, 6) is 0.639. The fraction of sp³-hybridized carbons (Fsp3) is 0.300. The number of benzene rings is 2. The zero-order valence-corrected chi connectivity index (χ0v) is 23.8. The Balaban J connectivity index is 1.20. The molecule has 3 aromatic heterocycles. The van der Waals surface area contributed by atoms with Crippen LogP contribution in [0.25, 0.3) is 33.3 Å². The quantitative estimate of drug-likeness (QED) is 0.303. The minimum atomic E-state index is -3.74. The number of hydrogen-bond donors (Lipinski definition) is 2. The predicted octanol–water partition coefficient (Wildman–Crippen LogP) is 4.20. The van der Waals surface area contributed by atoms with Gasteiger partial charge in [-0.15, -0.1) is 0 Å². The molecule has 1 aliphatic carbocycles. The van der Waals surface area contributed by atoms with Crippen molar-refractivity contribution < 1.29 is 17.6 Å². The number of nitrogens with one attached hydrogen (secondary N) is 2. The van der Waals surface area contributed by atoms with Crippen LogP contribution in [0, 0.1) is 17.7 Å². The molecule has 7 rings (SSSR count). The molecule has 3 atom stereocenters. The molecule has 1 aliphatic heterocycles. The van der Waals surface area contributed by atoms with Gasteiger partial charge in [-0.2, -0.15) is 5.10 Å². The van der Waals surface area contributed by atoms with Crippen LogP contribution in [0.15, 0.2) is 60.9 Å². The summed E-state index contributed by atoms with van der Waals surface area (Å²) in [5, 5.41) is 8.12. The van der Waals surface area contributed by atoms with Crippen molar-refractivity contribution in [3.63, 3.8) is 0 Å². The molecular formula is C30H28FN7O3S. The number of aromatic amines is 1. The lowest BCUT2D eigenvalue weighted by Gasteiger charge is -2.26. The largest absolute Gasteiger partial charge is 0.355 e. The molecule has 1 saturated carbocycles. The van der Waals surface area contributed by atoms with Crippen molar-refractivity contribution in [2.75, 3.05) is 24.2 Å². The van der Waals surface area contributed by atoms with Gasteiger partial charge in [0, 0.05) is 35.7 Å². The molecule has 1 saturated heterocycles. The van der Waals surface area contributed by atoms with Gasteiger partial charge in [-0.3, -0.25) is 14.9 Å². The fourth-order valence-corrected chi connectivity index (χ4v) is 7.51. The molecule has 2 aromatic carbocycles. The van der Waals surface area contributed by atoms with E-state index in [4.69, 9.17) is 9.97 Å². The number of fused-ring (bicyclic) bond motifs is 3. The highest BCUT2D eigenvalue weighted by molar-refractivity contribution is 7.89. The Hall–Kier alpha value is -4.45. The Labute approximate surface area is 241 Å². The van der Waals surface area contributed by atoms with E-state index in [-0.39, 0.29) is 16.8 Å². The van der Waals surface area contributed by atoms with Crippen LogP contribution in [-0.4, -0.2) is 58.8 Å². The molecule has 0 bridgehead atoms. The standard InChI is InChI=1S/C30H28FN7O3S/c1-3-30(21-8-4-5-9-23(21)31)20-12-14-38(16-22(20)30)24-15-33-27-26(35-36-28(27)34-24)18-10-11-19(29(39)37-42(2,40)41)25-17(18)7-6-13-32-25/h4-11,13,15,20,22H,3,12,14,16H2,1-2H3,(H,37,39)(H,34,35,36)/t20-,22+,30-/m1/s1. The van der Waals surface area contributed by atoms with Crippen molar-refractivity contribution in [2.24, 2.45) is 11.8 Å². The van der Waals surface area contributed by atoms with Crippen LogP contribution >= 0.6 is 0 Å². The summed E-state index contributed by atoms with van der Waals surface area (Å²) in [6.45, 7) is 3.73. The van der Waals surface area contributed by atoms with Gasteiger partial charge in [0.1, 0.15) is 17.2 Å². The molecule has 12 heteroatoms. The number of piperidine rings is 1.